The second-order valence-corrected chi connectivity index (χ2v) is 6.45. The van der Waals surface area contributed by atoms with Gasteiger partial charge in [0.2, 0.25) is 0 Å². The van der Waals surface area contributed by atoms with E-state index in [0.29, 0.717) is 17.9 Å². The van der Waals surface area contributed by atoms with E-state index >= 15 is 0 Å². The van der Waals surface area contributed by atoms with Crippen molar-refractivity contribution in [3.05, 3.63) is 35.1 Å². The SMILES string of the molecule is O=C(c1ccc(F)c(C(F)(F)F)c1)C1CSCCS1. The maximum atomic E-state index is 13.1. The van der Waals surface area contributed by atoms with Gasteiger partial charge in [-0.05, 0) is 18.2 Å². The van der Waals surface area contributed by atoms with Gasteiger partial charge in [-0.15, -0.1) is 11.8 Å². The first-order chi connectivity index (χ1) is 8.89. The lowest BCUT2D eigenvalue weighted by molar-refractivity contribution is -0.140. The van der Waals surface area contributed by atoms with Gasteiger partial charge in [0.15, 0.2) is 5.78 Å². The lowest BCUT2D eigenvalue weighted by Crippen LogP contribution is -2.24. The molecule has 0 saturated carbocycles. The number of alkyl halides is 3. The predicted molar refractivity (Wildman–Crippen MR) is 69.3 cm³/mol. The monoisotopic (exact) mass is 310 g/mol. The fourth-order valence-corrected chi connectivity index (χ4v) is 4.35. The summed E-state index contributed by atoms with van der Waals surface area (Å²) >= 11 is 3.04. The lowest BCUT2D eigenvalue weighted by atomic mass is 10.0. The molecule has 104 valence electrons. The Bertz CT molecular complexity index is 481. The number of carbonyl (C=O) groups is 1. The number of Topliss-reactive ketones (excluding diaryl/α,β-unsaturated/α-hetero) is 1. The second-order valence-electron chi connectivity index (χ2n) is 3.99. The Kier molecular flexibility index (Phi) is 4.45. The highest BCUT2D eigenvalue weighted by molar-refractivity contribution is 8.07. The molecule has 0 bridgehead atoms. The van der Waals surface area contributed by atoms with E-state index in [0.717, 1.165) is 17.6 Å². The van der Waals surface area contributed by atoms with E-state index in [-0.39, 0.29) is 16.6 Å². The van der Waals surface area contributed by atoms with Crippen LogP contribution in [0.4, 0.5) is 17.6 Å². The Morgan fingerprint density at radius 1 is 1.26 bits per heavy atom. The van der Waals surface area contributed by atoms with Crippen molar-refractivity contribution in [1.82, 2.24) is 0 Å². The Labute approximate surface area is 116 Å². The molecule has 1 aliphatic heterocycles. The number of ketones is 1. The zero-order valence-corrected chi connectivity index (χ0v) is 11.3. The third-order valence-corrected chi connectivity index (χ3v) is 5.42. The Morgan fingerprint density at radius 3 is 2.58 bits per heavy atom. The number of hydrogen-bond acceptors (Lipinski definition) is 3. The number of carbonyl (C=O) groups excluding carboxylic acids is 1. The van der Waals surface area contributed by atoms with Gasteiger partial charge in [0, 0.05) is 22.8 Å². The predicted octanol–water partition coefficient (Wildman–Crippen LogP) is 3.88. The van der Waals surface area contributed by atoms with Crippen LogP contribution in [0.15, 0.2) is 18.2 Å². The average molecular weight is 310 g/mol. The van der Waals surface area contributed by atoms with Gasteiger partial charge in [0.25, 0.3) is 0 Å². The van der Waals surface area contributed by atoms with Crippen LogP contribution in [-0.4, -0.2) is 28.3 Å². The minimum absolute atomic E-state index is 0.0753. The lowest BCUT2D eigenvalue weighted by Gasteiger charge is -2.20. The Hall–Kier alpha value is -0.690. The minimum atomic E-state index is -4.78. The van der Waals surface area contributed by atoms with Gasteiger partial charge in [-0.2, -0.15) is 24.9 Å². The summed E-state index contributed by atoms with van der Waals surface area (Å²) in [5.41, 5.74) is -1.46. The maximum absolute atomic E-state index is 13.1. The molecule has 1 heterocycles. The summed E-state index contributed by atoms with van der Waals surface area (Å²) in [7, 11) is 0. The highest BCUT2D eigenvalue weighted by Crippen LogP contribution is 2.33. The normalized spacial score (nSPS) is 20.3. The average Bonchev–Trinajstić information content (AvgIpc) is 2.38. The topological polar surface area (TPSA) is 17.1 Å². The molecule has 0 aromatic heterocycles. The van der Waals surface area contributed by atoms with E-state index in [2.05, 4.69) is 0 Å². The van der Waals surface area contributed by atoms with Crippen LogP contribution < -0.4 is 0 Å². The standard InChI is InChI=1S/C12H10F4OS2/c13-9-2-1-7(5-8(9)12(14,15)16)11(17)10-6-18-3-4-19-10/h1-2,5,10H,3-4,6H2. The zero-order valence-electron chi connectivity index (χ0n) is 9.67. The van der Waals surface area contributed by atoms with Crippen molar-refractivity contribution in [2.45, 2.75) is 11.4 Å². The van der Waals surface area contributed by atoms with Crippen LogP contribution >= 0.6 is 23.5 Å². The fourth-order valence-electron chi connectivity index (χ4n) is 1.72. The second kappa shape index (κ2) is 5.75. The first kappa shape index (κ1) is 14.7. The van der Waals surface area contributed by atoms with Crippen molar-refractivity contribution < 1.29 is 22.4 Å². The summed E-state index contributed by atoms with van der Waals surface area (Å²) in [5, 5.41) is -0.342. The number of halogens is 4. The number of benzene rings is 1. The van der Waals surface area contributed by atoms with E-state index in [1.807, 2.05) is 0 Å². The molecule has 1 aliphatic rings. The molecule has 1 aromatic carbocycles. The summed E-state index contributed by atoms with van der Waals surface area (Å²) in [5.74, 6) is 0.611. The first-order valence-electron chi connectivity index (χ1n) is 5.50. The summed E-state index contributed by atoms with van der Waals surface area (Å²) in [6, 6.07) is 2.43. The summed E-state index contributed by atoms with van der Waals surface area (Å²) in [6.07, 6.45) is -4.78. The van der Waals surface area contributed by atoms with Crippen molar-refractivity contribution >= 4 is 29.3 Å². The molecule has 1 aromatic rings. The molecular weight excluding hydrogens is 300 g/mol. The van der Waals surface area contributed by atoms with Crippen LogP contribution in [0.5, 0.6) is 0 Å². The van der Waals surface area contributed by atoms with Crippen molar-refractivity contribution in [2.75, 3.05) is 17.3 Å². The Morgan fingerprint density at radius 2 is 2.00 bits per heavy atom. The highest BCUT2D eigenvalue weighted by atomic mass is 32.2. The zero-order chi connectivity index (χ0) is 14.0. The van der Waals surface area contributed by atoms with Gasteiger partial charge in [-0.3, -0.25) is 4.79 Å². The van der Waals surface area contributed by atoms with Crippen LogP contribution in [0.3, 0.4) is 0 Å². The van der Waals surface area contributed by atoms with Gasteiger partial charge in [0.05, 0.1) is 10.8 Å². The third-order valence-electron chi connectivity index (χ3n) is 2.66. The molecule has 19 heavy (non-hydrogen) atoms. The van der Waals surface area contributed by atoms with E-state index in [1.54, 1.807) is 11.8 Å². The Balaban J connectivity index is 2.27. The van der Waals surface area contributed by atoms with E-state index in [1.165, 1.54) is 11.8 Å². The van der Waals surface area contributed by atoms with E-state index < -0.39 is 17.6 Å². The van der Waals surface area contributed by atoms with Gasteiger partial charge < -0.3 is 0 Å². The first-order valence-corrected chi connectivity index (χ1v) is 7.70. The van der Waals surface area contributed by atoms with Gasteiger partial charge in [0.1, 0.15) is 5.82 Å². The summed E-state index contributed by atoms with van der Waals surface area (Å²) in [4.78, 5) is 12.1. The molecule has 1 fully saturated rings. The van der Waals surface area contributed by atoms with Gasteiger partial charge >= 0.3 is 6.18 Å². The van der Waals surface area contributed by atoms with Crippen LogP contribution in [-0.2, 0) is 6.18 Å². The van der Waals surface area contributed by atoms with Crippen LogP contribution in [0.1, 0.15) is 15.9 Å². The molecule has 2 rings (SSSR count). The van der Waals surface area contributed by atoms with Gasteiger partial charge in [-0.25, -0.2) is 4.39 Å². The molecule has 0 N–H and O–H groups in total. The van der Waals surface area contributed by atoms with E-state index in [9.17, 15) is 22.4 Å². The van der Waals surface area contributed by atoms with Crippen molar-refractivity contribution in [3.63, 3.8) is 0 Å². The number of thioether (sulfide) groups is 2. The number of rotatable bonds is 2. The molecule has 1 unspecified atom stereocenters. The quantitative estimate of drug-likeness (QED) is 0.609. The molecule has 1 saturated heterocycles. The number of hydrogen-bond donors (Lipinski definition) is 0. The molecule has 0 amide bonds. The van der Waals surface area contributed by atoms with Crippen molar-refractivity contribution in [1.29, 1.82) is 0 Å². The molecule has 1 nitrogen and oxygen atoms in total. The molecule has 1 atom stereocenters. The molecule has 0 aliphatic carbocycles. The summed E-state index contributed by atoms with van der Waals surface area (Å²) in [6.45, 7) is 0. The van der Waals surface area contributed by atoms with Crippen molar-refractivity contribution in [2.24, 2.45) is 0 Å². The van der Waals surface area contributed by atoms with Gasteiger partial charge in [-0.1, -0.05) is 0 Å². The smallest absolute Gasteiger partial charge is 0.293 e. The summed E-state index contributed by atoms with van der Waals surface area (Å²) < 4.78 is 50.9. The van der Waals surface area contributed by atoms with Crippen LogP contribution in [0.2, 0.25) is 0 Å². The van der Waals surface area contributed by atoms with Crippen LogP contribution in [0.25, 0.3) is 0 Å². The third kappa shape index (κ3) is 3.45. The largest absolute Gasteiger partial charge is 0.419 e. The highest BCUT2D eigenvalue weighted by Gasteiger charge is 2.35. The molecule has 0 spiro atoms. The minimum Gasteiger partial charge on any atom is -0.293 e. The van der Waals surface area contributed by atoms with Crippen molar-refractivity contribution in [3.8, 4) is 0 Å². The van der Waals surface area contributed by atoms with E-state index in [4.69, 9.17) is 0 Å². The molecule has 7 heteroatoms. The van der Waals surface area contributed by atoms with Crippen LogP contribution in [0, 0.1) is 5.82 Å². The maximum Gasteiger partial charge on any atom is 0.419 e. The fraction of sp³-hybridized carbons (Fsp3) is 0.417. The molecule has 0 radical (unpaired) electrons. The molecular formula is C12H10F4OS2.